The molecule has 1 aliphatic heterocycles. The lowest BCUT2D eigenvalue weighted by Crippen LogP contribution is -2.50. The van der Waals surface area contributed by atoms with Crippen molar-refractivity contribution < 1.29 is 31.2 Å². The highest BCUT2D eigenvalue weighted by molar-refractivity contribution is 7.88. The predicted octanol–water partition coefficient (Wildman–Crippen LogP) is 4.45. The van der Waals surface area contributed by atoms with E-state index in [9.17, 15) is 32.0 Å². The van der Waals surface area contributed by atoms with Gasteiger partial charge in [-0.25, -0.2) is 22.2 Å². The van der Waals surface area contributed by atoms with Gasteiger partial charge >= 0.3 is 0 Å². The lowest BCUT2D eigenvalue weighted by molar-refractivity contribution is -0.127. The summed E-state index contributed by atoms with van der Waals surface area (Å²) in [7, 11) is -3.33. The number of oxazole rings is 1. The number of nitriles is 1. The van der Waals surface area contributed by atoms with Crippen molar-refractivity contribution in [1.29, 1.82) is 5.26 Å². The van der Waals surface area contributed by atoms with E-state index in [2.05, 4.69) is 16.4 Å². The molecule has 6 rings (SSSR count). The first-order valence-corrected chi connectivity index (χ1v) is 16.9. The van der Waals surface area contributed by atoms with Crippen molar-refractivity contribution in [2.75, 3.05) is 32.4 Å². The molecule has 2 atom stereocenters. The molecule has 1 saturated heterocycles. The summed E-state index contributed by atoms with van der Waals surface area (Å²) in [6.45, 7) is 0.983. The second kappa shape index (κ2) is 12.0. The molecule has 0 unspecified atom stereocenters. The van der Waals surface area contributed by atoms with Crippen molar-refractivity contribution in [3.05, 3.63) is 65.4 Å². The van der Waals surface area contributed by atoms with E-state index < -0.39 is 39.0 Å². The summed E-state index contributed by atoms with van der Waals surface area (Å²) in [5, 5.41) is 12.5. The molecule has 13 heteroatoms. The third kappa shape index (κ3) is 6.35. The Hall–Kier alpha value is -4.15. The van der Waals surface area contributed by atoms with E-state index in [0.717, 1.165) is 31.2 Å². The summed E-state index contributed by atoms with van der Waals surface area (Å²) in [5.41, 5.74) is 0.526. The molecule has 3 aromatic rings. The van der Waals surface area contributed by atoms with Crippen LogP contribution in [0.25, 0.3) is 22.7 Å². The fraction of sp³-hybridized carbons (Fsp3) is 0.438. The second-order valence-corrected chi connectivity index (χ2v) is 14.1. The first-order chi connectivity index (χ1) is 21.5. The smallest absolute Gasteiger partial charge is 0.253 e. The first kappa shape index (κ1) is 30.9. The Kier molecular flexibility index (Phi) is 8.22. The van der Waals surface area contributed by atoms with Crippen molar-refractivity contribution in [2.24, 2.45) is 5.92 Å². The third-order valence-electron chi connectivity index (χ3n) is 8.98. The average Bonchev–Trinajstić information content (AvgIpc) is 3.67. The van der Waals surface area contributed by atoms with Gasteiger partial charge in [0.2, 0.25) is 21.8 Å². The molecule has 2 saturated carbocycles. The molecule has 1 aromatic heterocycles. The van der Waals surface area contributed by atoms with Crippen molar-refractivity contribution in [1.82, 2.24) is 19.5 Å². The minimum atomic E-state index is -3.33. The molecule has 0 bridgehead atoms. The van der Waals surface area contributed by atoms with Crippen LogP contribution >= 0.6 is 0 Å². The third-order valence-corrected chi connectivity index (χ3v) is 10.3. The Balaban J connectivity index is 1.32. The van der Waals surface area contributed by atoms with Gasteiger partial charge in [-0.05, 0) is 49.9 Å². The van der Waals surface area contributed by atoms with Crippen molar-refractivity contribution in [3.63, 3.8) is 0 Å². The van der Waals surface area contributed by atoms with Gasteiger partial charge in [-0.2, -0.15) is 9.57 Å². The number of sulfonamides is 1. The molecule has 2 aliphatic carbocycles. The van der Waals surface area contributed by atoms with E-state index in [1.165, 1.54) is 10.4 Å². The Morgan fingerprint density at radius 3 is 2.36 bits per heavy atom. The molecule has 0 spiro atoms. The van der Waals surface area contributed by atoms with Gasteiger partial charge in [0, 0.05) is 55.2 Å². The number of halogens is 2. The maximum atomic E-state index is 14.9. The molecular formula is C32H33F2N5O5S. The number of nitrogens with zero attached hydrogens (tertiary/aromatic N) is 4. The SMILES string of the molecule is CS(=O)(=O)N1CCN(C(=O)c2ccc(-c3nc(-c4ccc(F)cc4F)oc3[C@@H]3CCCC[C@H]3C(=O)NC3(C#N)CC3)cc2)CC1. The fourth-order valence-electron chi connectivity index (χ4n) is 6.22. The number of hydrogen-bond acceptors (Lipinski definition) is 7. The van der Waals surface area contributed by atoms with Gasteiger partial charge < -0.3 is 14.6 Å². The standard InChI is InChI=1S/C32H33F2N5O5S/c1-45(42,43)39-16-14-38(15-17-39)31(41)21-8-6-20(7-9-21)27-28(44-30(36-27)25-11-10-22(33)18-26(25)34)23-4-2-3-5-24(23)29(40)37-32(19-35)12-13-32/h6-11,18,23-24H,2-5,12-17H2,1H3,(H,37,40)/t23-,24-/m1/s1. The Morgan fingerprint density at radius 1 is 1.04 bits per heavy atom. The highest BCUT2D eigenvalue weighted by Crippen LogP contribution is 2.45. The molecule has 3 aliphatic rings. The molecule has 236 valence electrons. The number of benzene rings is 2. The largest absolute Gasteiger partial charge is 0.440 e. The molecule has 0 radical (unpaired) electrons. The molecule has 3 fully saturated rings. The van der Waals surface area contributed by atoms with Crippen LogP contribution < -0.4 is 5.32 Å². The topological polar surface area (TPSA) is 137 Å². The van der Waals surface area contributed by atoms with Crippen LogP contribution in [0.4, 0.5) is 8.78 Å². The molecule has 2 amide bonds. The number of carbonyl (C=O) groups excluding carboxylic acids is 2. The van der Waals surface area contributed by atoms with Gasteiger partial charge in [-0.3, -0.25) is 9.59 Å². The summed E-state index contributed by atoms with van der Waals surface area (Å²) in [6.07, 6.45) is 5.21. The Morgan fingerprint density at radius 2 is 1.73 bits per heavy atom. The number of nitrogens with one attached hydrogen (secondary N) is 1. The van der Waals surface area contributed by atoms with Crippen molar-refractivity contribution in [3.8, 4) is 28.8 Å². The van der Waals surface area contributed by atoms with Gasteiger partial charge in [0.25, 0.3) is 5.91 Å². The molecule has 45 heavy (non-hydrogen) atoms. The molecule has 2 aromatic carbocycles. The lowest BCUT2D eigenvalue weighted by Gasteiger charge is -2.33. The van der Waals surface area contributed by atoms with E-state index in [-0.39, 0.29) is 49.4 Å². The summed E-state index contributed by atoms with van der Waals surface area (Å²) in [5.74, 6) is -2.60. The van der Waals surface area contributed by atoms with Crippen molar-refractivity contribution >= 4 is 21.8 Å². The minimum absolute atomic E-state index is 0.0258. The monoisotopic (exact) mass is 637 g/mol. The first-order valence-electron chi connectivity index (χ1n) is 15.0. The predicted molar refractivity (Wildman–Crippen MR) is 160 cm³/mol. The van der Waals surface area contributed by atoms with E-state index in [4.69, 9.17) is 4.42 Å². The van der Waals surface area contributed by atoms with Crippen LogP contribution in [0, 0.1) is 28.9 Å². The normalized spacial score (nSPS) is 21.6. The van der Waals surface area contributed by atoms with Gasteiger partial charge in [0.05, 0.1) is 17.9 Å². The van der Waals surface area contributed by atoms with Crippen LogP contribution in [0.5, 0.6) is 0 Å². The molecule has 2 heterocycles. The average molecular weight is 638 g/mol. The Bertz CT molecular complexity index is 1770. The van der Waals surface area contributed by atoms with Crippen molar-refractivity contribution in [2.45, 2.75) is 50.0 Å². The van der Waals surface area contributed by atoms with E-state index in [1.807, 2.05) is 0 Å². The summed E-state index contributed by atoms with van der Waals surface area (Å²) in [6, 6.07) is 12.0. The van der Waals surface area contributed by atoms with Gasteiger partial charge in [-0.1, -0.05) is 25.0 Å². The highest BCUT2D eigenvalue weighted by atomic mass is 32.2. The zero-order valence-corrected chi connectivity index (χ0v) is 25.6. The lowest BCUT2D eigenvalue weighted by atomic mass is 9.76. The van der Waals surface area contributed by atoms with E-state index in [0.29, 0.717) is 48.3 Å². The maximum Gasteiger partial charge on any atom is 0.253 e. The van der Waals surface area contributed by atoms with Crippen LogP contribution in [0.3, 0.4) is 0 Å². The van der Waals surface area contributed by atoms with E-state index in [1.54, 1.807) is 29.2 Å². The minimum Gasteiger partial charge on any atom is -0.440 e. The van der Waals surface area contributed by atoms with Crippen LogP contribution in [-0.4, -0.2) is 72.4 Å². The summed E-state index contributed by atoms with van der Waals surface area (Å²) < 4.78 is 59.8. The van der Waals surface area contributed by atoms with E-state index >= 15 is 0 Å². The van der Waals surface area contributed by atoms with Crippen LogP contribution in [0.1, 0.15) is 60.6 Å². The summed E-state index contributed by atoms with van der Waals surface area (Å²) >= 11 is 0. The quantitative estimate of drug-likeness (QED) is 0.404. The Labute approximate surface area is 260 Å². The van der Waals surface area contributed by atoms with Gasteiger partial charge in [0.1, 0.15) is 28.6 Å². The second-order valence-electron chi connectivity index (χ2n) is 12.1. The maximum absolute atomic E-state index is 14.9. The van der Waals surface area contributed by atoms with Gasteiger partial charge in [0.15, 0.2) is 0 Å². The highest BCUT2D eigenvalue weighted by Gasteiger charge is 2.47. The zero-order valence-electron chi connectivity index (χ0n) is 24.8. The van der Waals surface area contributed by atoms with Crippen LogP contribution in [-0.2, 0) is 14.8 Å². The number of piperazine rings is 1. The number of carbonyl (C=O) groups is 2. The summed E-state index contributed by atoms with van der Waals surface area (Å²) in [4.78, 5) is 32.9. The molecule has 10 nitrogen and oxygen atoms in total. The van der Waals surface area contributed by atoms with Gasteiger partial charge in [-0.15, -0.1) is 0 Å². The molecule has 1 N–H and O–H groups in total. The number of aromatic nitrogens is 1. The number of rotatable bonds is 7. The van der Waals surface area contributed by atoms with Crippen LogP contribution in [0.2, 0.25) is 0 Å². The number of hydrogen-bond donors (Lipinski definition) is 1. The number of amides is 2. The van der Waals surface area contributed by atoms with Crippen LogP contribution in [0.15, 0.2) is 46.9 Å². The fourth-order valence-corrected chi connectivity index (χ4v) is 7.05. The molecular weight excluding hydrogens is 604 g/mol. The zero-order chi connectivity index (χ0) is 31.9.